The maximum atomic E-state index is 12.8. The first kappa shape index (κ1) is 25.0. The first-order chi connectivity index (χ1) is 17.1. The standard InChI is InChI=1S/C27H33ClN4O3/c28-21-11-13-22(14-12-21)35-20-26(33)29-16-7-10-25-30-23-8-3-4-9-24(23)32(25)19-15-27(34)31-17-5-1-2-6-18-31/h3-4,8-9,11-14H,1-2,5-7,10,15-20H2,(H,29,33). The van der Waals surface area contributed by atoms with E-state index in [1.807, 2.05) is 23.1 Å². The van der Waals surface area contributed by atoms with E-state index in [-0.39, 0.29) is 18.4 Å². The van der Waals surface area contributed by atoms with Crippen molar-refractivity contribution in [2.75, 3.05) is 26.2 Å². The van der Waals surface area contributed by atoms with Gasteiger partial charge < -0.3 is 19.5 Å². The Balaban J connectivity index is 1.28. The van der Waals surface area contributed by atoms with Gasteiger partial charge in [-0.05, 0) is 55.7 Å². The van der Waals surface area contributed by atoms with Crippen LogP contribution in [0, 0.1) is 0 Å². The maximum absolute atomic E-state index is 12.8. The molecule has 0 bridgehead atoms. The molecule has 1 fully saturated rings. The lowest BCUT2D eigenvalue weighted by Gasteiger charge is -2.20. The number of carbonyl (C=O) groups excluding carboxylic acids is 2. The SMILES string of the molecule is O=C(COc1ccc(Cl)cc1)NCCCc1nc2ccccc2n1CCC(=O)N1CCCCCC1. The number of nitrogens with one attached hydrogen (secondary N) is 1. The van der Waals surface area contributed by atoms with Crippen LogP contribution in [0.5, 0.6) is 5.75 Å². The van der Waals surface area contributed by atoms with Gasteiger partial charge in [0.25, 0.3) is 5.91 Å². The van der Waals surface area contributed by atoms with Crippen LogP contribution in [0.2, 0.25) is 5.02 Å². The summed E-state index contributed by atoms with van der Waals surface area (Å²) >= 11 is 5.86. The number of hydrogen-bond donors (Lipinski definition) is 1. The minimum atomic E-state index is -0.170. The average molecular weight is 497 g/mol. The number of nitrogens with zero attached hydrogens (tertiary/aromatic N) is 3. The van der Waals surface area contributed by atoms with Gasteiger partial charge in [-0.25, -0.2) is 4.98 Å². The van der Waals surface area contributed by atoms with Gasteiger partial charge in [0, 0.05) is 44.0 Å². The van der Waals surface area contributed by atoms with E-state index >= 15 is 0 Å². The van der Waals surface area contributed by atoms with Crippen molar-refractivity contribution in [2.24, 2.45) is 0 Å². The first-order valence-electron chi connectivity index (χ1n) is 12.5. The lowest BCUT2D eigenvalue weighted by molar-refractivity contribution is -0.131. The molecule has 7 nitrogen and oxygen atoms in total. The monoisotopic (exact) mass is 496 g/mol. The average Bonchev–Trinajstić information content (AvgIpc) is 3.02. The largest absolute Gasteiger partial charge is 0.484 e. The fourth-order valence-corrected chi connectivity index (χ4v) is 4.58. The highest BCUT2D eigenvalue weighted by atomic mass is 35.5. The summed E-state index contributed by atoms with van der Waals surface area (Å²) in [5.41, 5.74) is 1.98. The molecule has 0 radical (unpaired) electrons. The van der Waals surface area contributed by atoms with Gasteiger partial charge in [-0.3, -0.25) is 9.59 Å². The van der Waals surface area contributed by atoms with Crippen molar-refractivity contribution in [3.8, 4) is 5.75 Å². The van der Waals surface area contributed by atoms with Crippen LogP contribution in [0.3, 0.4) is 0 Å². The van der Waals surface area contributed by atoms with E-state index in [2.05, 4.69) is 16.0 Å². The number of para-hydroxylation sites is 2. The van der Waals surface area contributed by atoms with E-state index in [1.165, 1.54) is 12.8 Å². The fraction of sp³-hybridized carbons (Fsp3) is 0.444. The molecular formula is C27H33ClN4O3. The predicted molar refractivity (Wildman–Crippen MR) is 138 cm³/mol. The molecule has 4 rings (SSSR count). The van der Waals surface area contributed by atoms with Crippen LogP contribution in [-0.2, 0) is 22.6 Å². The summed E-state index contributed by atoms with van der Waals surface area (Å²) in [4.78, 5) is 31.8. The Hall–Kier alpha value is -3.06. The number of benzene rings is 2. The fourth-order valence-electron chi connectivity index (χ4n) is 4.46. The Morgan fingerprint density at radius 3 is 2.51 bits per heavy atom. The number of rotatable bonds is 10. The highest BCUT2D eigenvalue weighted by Gasteiger charge is 2.17. The van der Waals surface area contributed by atoms with Gasteiger partial charge in [0.05, 0.1) is 11.0 Å². The van der Waals surface area contributed by atoms with Crippen LogP contribution in [0.25, 0.3) is 11.0 Å². The van der Waals surface area contributed by atoms with Crippen LogP contribution < -0.4 is 10.1 Å². The predicted octanol–water partition coefficient (Wildman–Crippen LogP) is 4.61. The van der Waals surface area contributed by atoms with Crippen LogP contribution in [0.15, 0.2) is 48.5 Å². The second kappa shape index (κ2) is 12.6. The molecule has 2 amide bonds. The summed E-state index contributed by atoms with van der Waals surface area (Å²) in [6.45, 7) is 2.85. The number of aromatic nitrogens is 2. The van der Waals surface area contributed by atoms with Crippen LogP contribution in [0.4, 0.5) is 0 Å². The molecular weight excluding hydrogens is 464 g/mol. The molecule has 35 heavy (non-hydrogen) atoms. The van der Waals surface area contributed by atoms with Gasteiger partial charge in [0.1, 0.15) is 11.6 Å². The van der Waals surface area contributed by atoms with E-state index in [1.54, 1.807) is 24.3 Å². The number of ether oxygens (including phenoxy) is 1. The quantitative estimate of drug-likeness (QED) is 0.416. The smallest absolute Gasteiger partial charge is 0.257 e. The third-order valence-corrected chi connectivity index (χ3v) is 6.58. The number of halogens is 1. The van der Waals surface area contributed by atoms with Gasteiger partial charge in [0.15, 0.2) is 6.61 Å². The Bertz CT molecular complexity index is 1120. The van der Waals surface area contributed by atoms with Crippen molar-refractivity contribution in [2.45, 2.75) is 51.5 Å². The van der Waals surface area contributed by atoms with Gasteiger partial charge in [-0.2, -0.15) is 0 Å². The number of hydrogen-bond acceptors (Lipinski definition) is 4. The molecule has 0 spiro atoms. The number of amides is 2. The van der Waals surface area contributed by atoms with Crippen LogP contribution in [-0.4, -0.2) is 52.5 Å². The summed E-state index contributed by atoms with van der Waals surface area (Å²) in [6.07, 6.45) is 6.56. The molecule has 8 heteroatoms. The molecule has 0 aliphatic carbocycles. The van der Waals surface area contributed by atoms with E-state index in [4.69, 9.17) is 21.3 Å². The van der Waals surface area contributed by atoms with Gasteiger partial charge in [0.2, 0.25) is 5.91 Å². The first-order valence-corrected chi connectivity index (χ1v) is 12.8. The van der Waals surface area contributed by atoms with Gasteiger partial charge in [-0.15, -0.1) is 0 Å². The molecule has 1 N–H and O–H groups in total. The minimum Gasteiger partial charge on any atom is -0.484 e. The normalized spacial score (nSPS) is 14.0. The molecule has 3 aromatic rings. The van der Waals surface area contributed by atoms with Crippen LogP contribution in [0.1, 0.15) is 44.3 Å². The molecule has 0 unspecified atom stereocenters. The van der Waals surface area contributed by atoms with E-state index in [9.17, 15) is 9.59 Å². The molecule has 1 aliphatic rings. The Morgan fingerprint density at radius 1 is 1.00 bits per heavy atom. The summed E-state index contributed by atoms with van der Waals surface area (Å²) in [6, 6.07) is 15.0. The number of imidazole rings is 1. The van der Waals surface area contributed by atoms with E-state index in [0.717, 1.165) is 49.2 Å². The third kappa shape index (κ3) is 7.21. The van der Waals surface area contributed by atoms with E-state index in [0.29, 0.717) is 36.7 Å². The van der Waals surface area contributed by atoms with Crippen molar-refractivity contribution < 1.29 is 14.3 Å². The lowest BCUT2D eigenvalue weighted by atomic mass is 10.2. The summed E-state index contributed by atoms with van der Waals surface area (Å²) < 4.78 is 7.65. The van der Waals surface area contributed by atoms with Gasteiger partial charge in [-0.1, -0.05) is 36.6 Å². The highest BCUT2D eigenvalue weighted by molar-refractivity contribution is 6.30. The maximum Gasteiger partial charge on any atom is 0.257 e. The topological polar surface area (TPSA) is 76.5 Å². The summed E-state index contributed by atoms with van der Waals surface area (Å²) in [5.74, 6) is 1.61. The molecule has 0 atom stereocenters. The van der Waals surface area contributed by atoms with Crippen molar-refractivity contribution in [3.63, 3.8) is 0 Å². The zero-order chi connectivity index (χ0) is 24.5. The third-order valence-electron chi connectivity index (χ3n) is 6.32. The molecule has 2 heterocycles. The molecule has 1 aromatic heterocycles. The van der Waals surface area contributed by atoms with Crippen LogP contribution >= 0.6 is 11.6 Å². The second-order valence-electron chi connectivity index (χ2n) is 8.91. The Kier molecular flexibility index (Phi) is 9.01. The second-order valence-corrected chi connectivity index (χ2v) is 9.35. The molecule has 186 valence electrons. The zero-order valence-electron chi connectivity index (χ0n) is 20.0. The van der Waals surface area contributed by atoms with Crippen molar-refractivity contribution in [3.05, 3.63) is 59.4 Å². The zero-order valence-corrected chi connectivity index (χ0v) is 20.8. The Labute approximate surface area is 211 Å². The lowest BCUT2D eigenvalue weighted by Crippen LogP contribution is -2.32. The van der Waals surface area contributed by atoms with Crippen molar-refractivity contribution in [1.29, 1.82) is 0 Å². The highest BCUT2D eigenvalue weighted by Crippen LogP contribution is 2.19. The number of aryl methyl sites for hydroxylation is 2. The summed E-state index contributed by atoms with van der Waals surface area (Å²) in [5, 5.41) is 3.52. The van der Waals surface area contributed by atoms with Crippen molar-refractivity contribution >= 4 is 34.4 Å². The number of likely N-dealkylation sites (tertiary alicyclic amines) is 1. The molecule has 0 saturated carbocycles. The summed E-state index contributed by atoms with van der Waals surface area (Å²) in [7, 11) is 0. The number of carbonyl (C=O) groups is 2. The van der Waals surface area contributed by atoms with E-state index < -0.39 is 0 Å². The molecule has 1 aliphatic heterocycles. The number of fused-ring (bicyclic) bond motifs is 1. The van der Waals surface area contributed by atoms with Gasteiger partial charge >= 0.3 is 0 Å². The molecule has 1 saturated heterocycles. The van der Waals surface area contributed by atoms with Crippen molar-refractivity contribution in [1.82, 2.24) is 19.8 Å². The minimum absolute atomic E-state index is 0.0429. The Morgan fingerprint density at radius 2 is 1.74 bits per heavy atom. The molecule has 2 aromatic carbocycles.